The fraction of sp³-hybridized carbons (Fsp3) is 1.00. The van der Waals surface area contributed by atoms with Gasteiger partial charge in [-0.3, -0.25) is 0 Å². The zero-order valence-corrected chi connectivity index (χ0v) is 10.0. The Balaban J connectivity index is 2.28. The summed E-state index contributed by atoms with van der Waals surface area (Å²) in [5.41, 5.74) is 6.68. The number of nitrogens with one attached hydrogen (secondary N) is 1. The first-order valence-corrected chi connectivity index (χ1v) is 5.88. The first-order valence-electron chi connectivity index (χ1n) is 5.88. The first kappa shape index (κ1) is 12.0. The molecule has 0 aromatic heterocycles. The van der Waals surface area contributed by atoms with Crippen LogP contribution in [0.4, 0.5) is 0 Å². The molecule has 2 heteroatoms. The lowest BCUT2D eigenvalue weighted by molar-refractivity contribution is 0.267. The molecular weight excluding hydrogens is 172 g/mol. The van der Waals surface area contributed by atoms with Crippen molar-refractivity contribution in [2.45, 2.75) is 46.5 Å². The van der Waals surface area contributed by atoms with Crippen LogP contribution in [0, 0.1) is 10.8 Å². The number of nitrogens with two attached hydrogens (primary N) is 1. The molecule has 1 aliphatic rings. The molecular formula is C12H26N2. The molecule has 0 unspecified atom stereocenters. The molecule has 1 aliphatic carbocycles. The first-order chi connectivity index (χ1) is 6.47. The van der Waals surface area contributed by atoms with E-state index in [9.17, 15) is 0 Å². The topological polar surface area (TPSA) is 38.0 Å². The summed E-state index contributed by atoms with van der Waals surface area (Å²) < 4.78 is 0. The lowest BCUT2D eigenvalue weighted by atomic mass is 9.86. The minimum Gasteiger partial charge on any atom is -0.330 e. The summed E-state index contributed by atoms with van der Waals surface area (Å²) in [5, 5.41) is 3.58. The van der Waals surface area contributed by atoms with E-state index in [0.717, 1.165) is 19.6 Å². The van der Waals surface area contributed by atoms with Crippen LogP contribution in [0.5, 0.6) is 0 Å². The maximum atomic E-state index is 5.88. The third-order valence-corrected chi connectivity index (χ3v) is 3.25. The summed E-state index contributed by atoms with van der Waals surface area (Å²) in [6.45, 7) is 9.86. The molecule has 0 aromatic carbocycles. The maximum absolute atomic E-state index is 5.88. The highest BCUT2D eigenvalue weighted by atomic mass is 14.9. The molecule has 0 aromatic rings. The minimum atomic E-state index is 0.383. The molecule has 0 aliphatic heterocycles. The van der Waals surface area contributed by atoms with E-state index in [2.05, 4.69) is 26.1 Å². The fourth-order valence-corrected chi connectivity index (χ4v) is 2.28. The third kappa shape index (κ3) is 3.58. The number of hydrogen-bond acceptors (Lipinski definition) is 2. The summed E-state index contributed by atoms with van der Waals surface area (Å²) in [6, 6.07) is 0. The number of rotatable bonds is 4. The van der Waals surface area contributed by atoms with Crippen LogP contribution >= 0.6 is 0 Å². The molecule has 0 amide bonds. The third-order valence-electron chi connectivity index (χ3n) is 3.25. The van der Waals surface area contributed by atoms with Gasteiger partial charge in [0.25, 0.3) is 0 Å². The van der Waals surface area contributed by atoms with Gasteiger partial charge in [0, 0.05) is 13.1 Å². The largest absolute Gasteiger partial charge is 0.330 e. The molecule has 2 nitrogen and oxygen atoms in total. The summed E-state index contributed by atoms with van der Waals surface area (Å²) in [6.07, 6.45) is 5.38. The standard InChI is InChI=1S/C12H26N2/c1-11(2,3)9-14-10-12(8-13)6-4-5-7-12/h14H,4-10,13H2,1-3H3. The van der Waals surface area contributed by atoms with Crippen molar-refractivity contribution < 1.29 is 0 Å². The van der Waals surface area contributed by atoms with Gasteiger partial charge >= 0.3 is 0 Å². The monoisotopic (exact) mass is 198 g/mol. The van der Waals surface area contributed by atoms with Crippen LogP contribution < -0.4 is 11.1 Å². The van der Waals surface area contributed by atoms with Gasteiger partial charge in [0.2, 0.25) is 0 Å². The lowest BCUT2D eigenvalue weighted by Crippen LogP contribution is -2.40. The zero-order valence-electron chi connectivity index (χ0n) is 10.0. The average molecular weight is 198 g/mol. The highest BCUT2D eigenvalue weighted by Gasteiger charge is 2.32. The molecule has 0 radical (unpaired) electrons. The van der Waals surface area contributed by atoms with E-state index >= 15 is 0 Å². The highest BCUT2D eigenvalue weighted by molar-refractivity contribution is 4.87. The second-order valence-electron chi connectivity index (χ2n) is 6.08. The normalized spacial score (nSPS) is 21.4. The van der Waals surface area contributed by atoms with Crippen LogP contribution in [0.15, 0.2) is 0 Å². The summed E-state index contributed by atoms with van der Waals surface area (Å²) >= 11 is 0. The van der Waals surface area contributed by atoms with Crippen molar-refractivity contribution in [2.24, 2.45) is 16.6 Å². The Morgan fingerprint density at radius 1 is 1.21 bits per heavy atom. The van der Waals surface area contributed by atoms with Crippen molar-refractivity contribution in [2.75, 3.05) is 19.6 Å². The molecule has 0 atom stereocenters. The maximum Gasteiger partial charge on any atom is 0.00201 e. The van der Waals surface area contributed by atoms with Crippen molar-refractivity contribution >= 4 is 0 Å². The van der Waals surface area contributed by atoms with E-state index in [-0.39, 0.29) is 0 Å². The molecule has 3 N–H and O–H groups in total. The Hall–Kier alpha value is -0.0800. The molecule has 0 spiro atoms. The molecule has 1 saturated carbocycles. The molecule has 84 valence electrons. The van der Waals surface area contributed by atoms with Gasteiger partial charge in [-0.15, -0.1) is 0 Å². The van der Waals surface area contributed by atoms with Crippen LogP contribution in [-0.2, 0) is 0 Å². The molecule has 0 saturated heterocycles. The van der Waals surface area contributed by atoms with Gasteiger partial charge in [0.1, 0.15) is 0 Å². The summed E-state index contributed by atoms with van der Waals surface area (Å²) in [5.74, 6) is 0. The predicted molar refractivity (Wildman–Crippen MR) is 62.3 cm³/mol. The molecule has 1 fully saturated rings. The molecule has 1 rings (SSSR count). The Bertz CT molecular complexity index is 164. The van der Waals surface area contributed by atoms with E-state index in [1.807, 2.05) is 0 Å². The van der Waals surface area contributed by atoms with Gasteiger partial charge in [0.15, 0.2) is 0 Å². The van der Waals surface area contributed by atoms with Crippen molar-refractivity contribution in [3.63, 3.8) is 0 Å². The smallest absolute Gasteiger partial charge is 0.00201 e. The lowest BCUT2D eigenvalue weighted by Gasteiger charge is -2.29. The van der Waals surface area contributed by atoms with Gasteiger partial charge in [0.05, 0.1) is 0 Å². The zero-order chi connectivity index (χ0) is 10.7. The van der Waals surface area contributed by atoms with Crippen LogP contribution in [0.3, 0.4) is 0 Å². The predicted octanol–water partition coefficient (Wildman–Crippen LogP) is 2.14. The molecule has 14 heavy (non-hydrogen) atoms. The Kier molecular flexibility index (Phi) is 3.96. The van der Waals surface area contributed by atoms with E-state index in [1.54, 1.807) is 0 Å². The second kappa shape index (κ2) is 4.63. The quantitative estimate of drug-likeness (QED) is 0.726. The van der Waals surface area contributed by atoms with E-state index in [4.69, 9.17) is 5.73 Å². The van der Waals surface area contributed by atoms with E-state index in [0.29, 0.717) is 10.8 Å². The molecule has 0 heterocycles. The highest BCUT2D eigenvalue weighted by Crippen LogP contribution is 2.36. The van der Waals surface area contributed by atoms with Crippen molar-refractivity contribution in [1.29, 1.82) is 0 Å². The van der Waals surface area contributed by atoms with Crippen molar-refractivity contribution in [1.82, 2.24) is 5.32 Å². The van der Waals surface area contributed by atoms with Crippen molar-refractivity contribution in [3.8, 4) is 0 Å². The van der Waals surface area contributed by atoms with Gasteiger partial charge in [-0.25, -0.2) is 0 Å². The Labute approximate surface area is 88.6 Å². The van der Waals surface area contributed by atoms with Gasteiger partial charge in [-0.2, -0.15) is 0 Å². The van der Waals surface area contributed by atoms with E-state index in [1.165, 1.54) is 25.7 Å². The van der Waals surface area contributed by atoms with Crippen LogP contribution in [-0.4, -0.2) is 19.6 Å². The average Bonchev–Trinajstić information content (AvgIpc) is 2.52. The van der Waals surface area contributed by atoms with Crippen molar-refractivity contribution in [3.05, 3.63) is 0 Å². The molecule has 0 bridgehead atoms. The van der Waals surface area contributed by atoms with E-state index < -0.39 is 0 Å². The second-order valence-corrected chi connectivity index (χ2v) is 6.08. The van der Waals surface area contributed by atoms with Crippen LogP contribution in [0.25, 0.3) is 0 Å². The van der Waals surface area contributed by atoms with Gasteiger partial charge in [-0.1, -0.05) is 33.6 Å². The van der Waals surface area contributed by atoms with Gasteiger partial charge < -0.3 is 11.1 Å². The van der Waals surface area contributed by atoms with Crippen LogP contribution in [0.1, 0.15) is 46.5 Å². The van der Waals surface area contributed by atoms with Gasteiger partial charge in [-0.05, 0) is 30.2 Å². The Morgan fingerprint density at radius 2 is 1.79 bits per heavy atom. The number of hydrogen-bond donors (Lipinski definition) is 2. The summed E-state index contributed by atoms with van der Waals surface area (Å²) in [7, 11) is 0. The summed E-state index contributed by atoms with van der Waals surface area (Å²) in [4.78, 5) is 0. The minimum absolute atomic E-state index is 0.383. The fourth-order valence-electron chi connectivity index (χ4n) is 2.28. The SMILES string of the molecule is CC(C)(C)CNCC1(CN)CCCC1. The Morgan fingerprint density at radius 3 is 2.21 bits per heavy atom. The van der Waals surface area contributed by atoms with Crippen LogP contribution in [0.2, 0.25) is 0 Å².